The van der Waals surface area contributed by atoms with Gasteiger partial charge in [-0.05, 0) is 0 Å². The van der Waals surface area contributed by atoms with Crippen LogP contribution >= 0.6 is 10.6 Å². The molecule has 5 heteroatoms. The van der Waals surface area contributed by atoms with Crippen molar-refractivity contribution < 1.29 is 13.9 Å². The van der Waals surface area contributed by atoms with Crippen LogP contribution in [0, 0.1) is 6.54 Å². The second-order valence-corrected chi connectivity index (χ2v) is 4.47. The van der Waals surface area contributed by atoms with Gasteiger partial charge >= 0.3 is 0 Å². The fraction of sp³-hybridized carbons (Fsp3) is 0.600. The number of hydrogen-bond donors (Lipinski definition) is 2. The molecule has 0 aliphatic carbocycles. The molecule has 1 amide bonds. The van der Waals surface area contributed by atoms with Crippen LogP contribution in [0.3, 0.4) is 0 Å². The molecule has 0 aromatic heterocycles. The first-order valence-corrected chi connectivity index (χ1v) is 4.74. The number of carbonyl (C=O) groups is 1. The molecule has 0 spiro atoms. The normalized spacial score (nSPS) is 26.5. The van der Waals surface area contributed by atoms with E-state index in [0.29, 0.717) is 0 Å². The Morgan fingerprint density at radius 3 is 2.50 bits per heavy atom. The van der Waals surface area contributed by atoms with Crippen molar-refractivity contribution in [3.05, 3.63) is 6.54 Å². The molecule has 1 aliphatic heterocycles. The first kappa shape index (κ1) is 7.84. The molecule has 4 nitrogen and oxygen atoms in total. The van der Waals surface area contributed by atoms with Gasteiger partial charge in [0, 0.05) is 6.92 Å². The second kappa shape index (κ2) is 2.41. The zero-order valence-corrected chi connectivity index (χ0v) is 6.47. The average molecular weight is 164 g/mol. The summed E-state index contributed by atoms with van der Waals surface area (Å²) in [6.45, 7) is 2.93. The fourth-order valence-corrected chi connectivity index (χ4v) is 2.01. The summed E-state index contributed by atoms with van der Waals surface area (Å²) in [6.07, 6.45) is 0. The third kappa shape index (κ3) is 1.62. The molecular formula is C5H10NO3S. The Bertz CT molecular complexity index is 159. The monoisotopic (exact) mass is 164 g/mol. The highest BCUT2D eigenvalue weighted by atomic mass is 32.3. The molecule has 0 saturated carbocycles. The van der Waals surface area contributed by atoms with Gasteiger partial charge in [0.1, 0.15) is 5.88 Å². The highest BCUT2D eigenvalue weighted by Crippen LogP contribution is 2.44. The van der Waals surface area contributed by atoms with E-state index in [1.54, 1.807) is 0 Å². The summed E-state index contributed by atoms with van der Waals surface area (Å²) in [6, 6.07) is 0. The van der Waals surface area contributed by atoms with Crippen LogP contribution in [0.25, 0.3) is 0 Å². The van der Waals surface area contributed by atoms with Gasteiger partial charge in [-0.1, -0.05) is 0 Å². The summed E-state index contributed by atoms with van der Waals surface area (Å²) in [5.41, 5.74) is 0. The lowest BCUT2D eigenvalue weighted by Crippen LogP contribution is -2.22. The Morgan fingerprint density at radius 1 is 1.70 bits per heavy atom. The molecule has 2 N–H and O–H groups in total. The van der Waals surface area contributed by atoms with Gasteiger partial charge in [0.25, 0.3) is 0 Å². The van der Waals surface area contributed by atoms with Crippen molar-refractivity contribution in [2.45, 2.75) is 6.92 Å². The van der Waals surface area contributed by atoms with E-state index >= 15 is 0 Å². The first-order chi connectivity index (χ1) is 4.51. The van der Waals surface area contributed by atoms with Crippen LogP contribution in [0.15, 0.2) is 0 Å². The van der Waals surface area contributed by atoms with Gasteiger partial charge in [-0.2, -0.15) is 10.6 Å². The summed E-state index contributed by atoms with van der Waals surface area (Å²) >= 11 is 0. The molecule has 0 unspecified atom stereocenters. The molecular weight excluding hydrogens is 154 g/mol. The molecule has 59 valence electrons. The van der Waals surface area contributed by atoms with E-state index in [4.69, 9.17) is 9.11 Å². The summed E-state index contributed by atoms with van der Waals surface area (Å²) in [5.74, 6) is 0.145. The molecule has 0 bridgehead atoms. The van der Waals surface area contributed by atoms with E-state index < -0.39 is 10.6 Å². The Morgan fingerprint density at radius 2 is 2.30 bits per heavy atom. The lowest BCUT2D eigenvalue weighted by molar-refractivity contribution is -0.126. The van der Waals surface area contributed by atoms with Crippen molar-refractivity contribution in [1.82, 2.24) is 4.90 Å². The molecule has 10 heavy (non-hydrogen) atoms. The molecule has 0 atom stereocenters. The standard InChI is InChI=1S/C5H10NO3S/c1-5(7)6-2-3-10(8,9)4-6/h2,8-9H,3-4H2,1H3. The van der Waals surface area contributed by atoms with Crippen molar-refractivity contribution in [2.75, 3.05) is 11.6 Å². The smallest absolute Gasteiger partial charge is 0.221 e. The summed E-state index contributed by atoms with van der Waals surface area (Å²) < 4.78 is 18.1. The lowest BCUT2D eigenvalue weighted by Gasteiger charge is -2.25. The van der Waals surface area contributed by atoms with Crippen LogP contribution in [0.4, 0.5) is 0 Å². The summed E-state index contributed by atoms with van der Waals surface area (Å²) in [5, 5.41) is 0. The third-order valence-electron chi connectivity index (χ3n) is 1.31. The minimum absolute atomic E-state index is 0.0718. The van der Waals surface area contributed by atoms with E-state index in [2.05, 4.69) is 0 Å². The van der Waals surface area contributed by atoms with Crippen molar-refractivity contribution in [3.63, 3.8) is 0 Å². The Hall–Kier alpha value is -0.260. The highest BCUT2D eigenvalue weighted by Gasteiger charge is 2.27. The Kier molecular flexibility index (Phi) is 1.89. The molecule has 1 saturated heterocycles. The Balaban J connectivity index is 2.51. The van der Waals surface area contributed by atoms with E-state index in [1.807, 2.05) is 0 Å². The van der Waals surface area contributed by atoms with Crippen LogP contribution in [-0.4, -0.2) is 31.5 Å². The van der Waals surface area contributed by atoms with Crippen LogP contribution < -0.4 is 0 Å². The molecule has 1 rings (SSSR count). The van der Waals surface area contributed by atoms with Crippen LogP contribution in [0.5, 0.6) is 0 Å². The number of rotatable bonds is 0. The van der Waals surface area contributed by atoms with Gasteiger partial charge in [0.05, 0.1) is 12.3 Å². The first-order valence-electron chi connectivity index (χ1n) is 2.85. The van der Waals surface area contributed by atoms with Crippen LogP contribution in [0.2, 0.25) is 0 Å². The van der Waals surface area contributed by atoms with Crippen molar-refractivity contribution in [2.24, 2.45) is 0 Å². The van der Waals surface area contributed by atoms with E-state index in [-0.39, 0.29) is 17.5 Å². The quantitative estimate of drug-likeness (QED) is 0.554. The van der Waals surface area contributed by atoms with Gasteiger partial charge in [0.2, 0.25) is 5.91 Å². The zero-order valence-electron chi connectivity index (χ0n) is 5.65. The molecule has 0 aromatic rings. The van der Waals surface area contributed by atoms with Gasteiger partial charge in [-0.25, -0.2) is 0 Å². The predicted octanol–water partition coefficient (Wildman–Crippen LogP) is 0.718. The zero-order chi connectivity index (χ0) is 7.78. The number of hydrogen-bond acceptors (Lipinski definition) is 3. The molecule has 1 aliphatic rings. The molecule has 1 fully saturated rings. The maximum absolute atomic E-state index is 10.6. The molecule has 1 heterocycles. The largest absolute Gasteiger partial charge is 0.319 e. The predicted molar refractivity (Wildman–Crippen MR) is 39.4 cm³/mol. The molecule has 0 aromatic carbocycles. The fourth-order valence-electron chi connectivity index (χ4n) is 0.757. The van der Waals surface area contributed by atoms with Crippen molar-refractivity contribution in [3.8, 4) is 0 Å². The number of nitrogens with zero attached hydrogens (tertiary/aromatic N) is 1. The van der Waals surface area contributed by atoms with Gasteiger partial charge < -0.3 is 4.90 Å². The van der Waals surface area contributed by atoms with E-state index in [0.717, 1.165) is 0 Å². The van der Waals surface area contributed by atoms with Crippen molar-refractivity contribution in [1.29, 1.82) is 0 Å². The van der Waals surface area contributed by atoms with Gasteiger partial charge in [-0.3, -0.25) is 13.9 Å². The van der Waals surface area contributed by atoms with E-state index in [9.17, 15) is 4.79 Å². The van der Waals surface area contributed by atoms with Crippen molar-refractivity contribution >= 4 is 16.5 Å². The number of amides is 1. The maximum Gasteiger partial charge on any atom is 0.221 e. The Labute approximate surface area is 61.2 Å². The minimum atomic E-state index is -2.49. The minimum Gasteiger partial charge on any atom is -0.319 e. The summed E-state index contributed by atoms with van der Waals surface area (Å²) in [4.78, 5) is 11.9. The third-order valence-corrected chi connectivity index (χ3v) is 2.69. The van der Waals surface area contributed by atoms with E-state index in [1.165, 1.54) is 18.4 Å². The van der Waals surface area contributed by atoms with Crippen LogP contribution in [-0.2, 0) is 4.79 Å². The topological polar surface area (TPSA) is 60.8 Å². The van der Waals surface area contributed by atoms with Gasteiger partial charge in [0.15, 0.2) is 0 Å². The average Bonchev–Trinajstić information content (AvgIpc) is 2.10. The second-order valence-electron chi connectivity index (χ2n) is 2.27. The van der Waals surface area contributed by atoms with Crippen LogP contribution in [0.1, 0.15) is 6.92 Å². The van der Waals surface area contributed by atoms with Gasteiger partial charge in [-0.15, -0.1) is 0 Å². The summed E-state index contributed by atoms with van der Waals surface area (Å²) in [7, 11) is -2.49. The highest BCUT2D eigenvalue weighted by molar-refractivity contribution is 8.24. The SMILES string of the molecule is CC(=O)N1[CH]CS(O)(O)C1. The number of carbonyl (C=O) groups excluding carboxylic acids is 1. The molecule has 1 radical (unpaired) electrons. The lowest BCUT2D eigenvalue weighted by atomic mass is 10.6. The maximum atomic E-state index is 10.6.